The molecule has 2 N–H and O–H groups in total. The summed E-state index contributed by atoms with van der Waals surface area (Å²) >= 11 is 3.42. The predicted molar refractivity (Wildman–Crippen MR) is 67.5 cm³/mol. The van der Waals surface area contributed by atoms with Gasteiger partial charge in [-0.25, -0.2) is 9.97 Å². The third-order valence-corrected chi connectivity index (χ3v) is 3.08. The first kappa shape index (κ1) is 11.1. The number of aryl methyl sites for hydroxylation is 1. The van der Waals surface area contributed by atoms with E-state index in [1.54, 1.807) is 6.20 Å². The highest BCUT2D eigenvalue weighted by atomic mass is 79.9. The Bertz CT molecular complexity index is 453. The summed E-state index contributed by atoms with van der Waals surface area (Å²) in [5.74, 6) is 1.88. The Kier molecular flexibility index (Phi) is 3.56. The molecule has 5 heteroatoms. The number of halogens is 1. The third kappa shape index (κ3) is 2.82. The van der Waals surface area contributed by atoms with E-state index in [0.717, 1.165) is 34.8 Å². The number of nitrogens with one attached hydrogen (secondary N) is 2. The van der Waals surface area contributed by atoms with Crippen LogP contribution in [-0.2, 0) is 6.42 Å². The molecule has 2 aromatic rings. The second-order valence-electron chi connectivity index (χ2n) is 3.48. The van der Waals surface area contributed by atoms with Crippen LogP contribution in [0.3, 0.4) is 0 Å². The molecule has 4 nitrogen and oxygen atoms in total. The molecule has 2 heterocycles. The zero-order valence-corrected chi connectivity index (χ0v) is 10.6. The van der Waals surface area contributed by atoms with Gasteiger partial charge in [-0.15, -0.1) is 0 Å². The minimum Gasteiger partial charge on any atom is -0.370 e. The van der Waals surface area contributed by atoms with E-state index in [2.05, 4.69) is 36.2 Å². The number of hydrogen-bond donors (Lipinski definition) is 2. The second kappa shape index (κ2) is 5.12. The summed E-state index contributed by atoms with van der Waals surface area (Å²) in [7, 11) is 0. The summed E-state index contributed by atoms with van der Waals surface area (Å²) in [6.07, 6.45) is 4.46. The first-order valence-electron chi connectivity index (χ1n) is 5.11. The number of anilines is 1. The van der Waals surface area contributed by atoms with Crippen LogP contribution in [-0.4, -0.2) is 21.5 Å². The number of rotatable bonds is 4. The van der Waals surface area contributed by atoms with Crippen LogP contribution in [0, 0.1) is 6.92 Å². The summed E-state index contributed by atoms with van der Waals surface area (Å²) in [6.45, 7) is 2.80. The van der Waals surface area contributed by atoms with Crippen molar-refractivity contribution in [3.63, 3.8) is 0 Å². The van der Waals surface area contributed by atoms with E-state index in [0.29, 0.717) is 0 Å². The van der Waals surface area contributed by atoms with E-state index in [9.17, 15) is 0 Å². The lowest BCUT2D eigenvalue weighted by atomic mass is 10.3. The molecule has 0 aromatic carbocycles. The average molecular weight is 281 g/mol. The highest BCUT2D eigenvalue weighted by Crippen LogP contribution is 2.15. The third-order valence-electron chi connectivity index (χ3n) is 2.24. The molecule has 0 atom stereocenters. The van der Waals surface area contributed by atoms with Crippen LogP contribution in [0.15, 0.2) is 29.0 Å². The van der Waals surface area contributed by atoms with Gasteiger partial charge in [0.1, 0.15) is 11.6 Å². The van der Waals surface area contributed by atoms with Gasteiger partial charge >= 0.3 is 0 Å². The Morgan fingerprint density at radius 1 is 1.44 bits per heavy atom. The van der Waals surface area contributed by atoms with Crippen molar-refractivity contribution in [1.29, 1.82) is 0 Å². The Morgan fingerprint density at radius 3 is 3.00 bits per heavy atom. The average Bonchev–Trinajstić information content (AvgIpc) is 2.76. The summed E-state index contributed by atoms with van der Waals surface area (Å²) < 4.78 is 1.03. The lowest BCUT2D eigenvalue weighted by Crippen LogP contribution is -2.07. The Hall–Kier alpha value is -1.36. The molecular weight excluding hydrogens is 268 g/mol. The van der Waals surface area contributed by atoms with Gasteiger partial charge in [0.05, 0.1) is 5.69 Å². The van der Waals surface area contributed by atoms with Gasteiger partial charge in [0, 0.05) is 29.8 Å². The van der Waals surface area contributed by atoms with Crippen molar-refractivity contribution in [3.8, 4) is 0 Å². The lowest BCUT2D eigenvalue weighted by molar-refractivity contribution is 0.920. The van der Waals surface area contributed by atoms with Crippen LogP contribution in [0.1, 0.15) is 11.5 Å². The van der Waals surface area contributed by atoms with Gasteiger partial charge in [-0.3, -0.25) is 0 Å². The number of aromatic amines is 1. The number of imidazole rings is 1. The molecule has 16 heavy (non-hydrogen) atoms. The van der Waals surface area contributed by atoms with Crippen LogP contribution in [0.2, 0.25) is 0 Å². The summed E-state index contributed by atoms with van der Waals surface area (Å²) in [5.41, 5.74) is 0.989. The lowest BCUT2D eigenvalue weighted by Gasteiger charge is -2.05. The van der Waals surface area contributed by atoms with E-state index in [1.165, 1.54) is 0 Å². The van der Waals surface area contributed by atoms with Gasteiger partial charge in [0.2, 0.25) is 0 Å². The minimum absolute atomic E-state index is 0.821. The number of hydrogen-bond acceptors (Lipinski definition) is 3. The Labute approximate surface area is 103 Å². The fraction of sp³-hybridized carbons (Fsp3) is 0.273. The summed E-state index contributed by atoms with van der Waals surface area (Å²) in [5, 5.41) is 3.26. The first-order chi connectivity index (χ1) is 7.75. The van der Waals surface area contributed by atoms with E-state index < -0.39 is 0 Å². The highest BCUT2D eigenvalue weighted by molar-refractivity contribution is 9.10. The second-order valence-corrected chi connectivity index (χ2v) is 4.33. The molecule has 0 saturated carbocycles. The van der Waals surface area contributed by atoms with E-state index in [1.807, 2.05) is 25.3 Å². The van der Waals surface area contributed by atoms with Crippen LogP contribution in [0.25, 0.3) is 0 Å². The van der Waals surface area contributed by atoms with Gasteiger partial charge in [-0.1, -0.05) is 0 Å². The van der Waals surface area contributed by atoms with Crippen molar-refractivity contribution in [2.75, 3.05) is 11.9 Å². The van der Waals surface area contributed by atoms with Crippen molar-refractivity contribution >= 4 is 21.7 Å². The molecule has 0 radical (unpaired) electrons. The highest BCUT2D eigenvalue weighted by Gasteiger charge is 1.99. The minimum atomic E-state index is 0.821. The molecule has 0 aliphatic carbocycles. The SMILES string of the molecule is Cc1nc(NCCc2ncc[nH]2)ccc1Br. The van der Waals surface area contributed by atoms with Gasteiger partial charge in [-0.2, -0.15) is 0 Å². The first-order valence-corrected chi connectivity index (χ1v) is 5.90. The number of aromatic nitrogens is 3. The number of H-pyrrole nitrogens is 1. The molecule has 0 amide bonds. The van der Waals surface area contributed by atoms with E-state index in [-0.39, 0.29) is 0 Å². The van der Waals surface area contributed by atoms with Crippen LogP contribution < -0.4 is 5.32 Å². The van der Waals surface area contributed by atoms with Crippen molar-refractivity contribution in [2.45, 2.75) is 13.3 Å². The molecule has 0 aliphatic rings. The summed E-state index contributed by atoms with van der Waals surface area (Å²) in [4.78, 5) is 11.6. The number of nitrogens with zero attached hydrogens (tertiary/aromatic N) is 2. The maximum atomic E-state index is 4.40. The largest absolute Gasteiger partial charge is 0.370 e. The standard InChI is InChI=1S/C11H13BrN4/c1-8-9(12)2-3-11(16-8)13-5-4-10-14-6-7-15-10/h2-3,6-7H,4-5H2,1H3,(H,13,16)(H,14,15). The maximum Gasteiger partial charge on any atom is 0.126 e. The topological polar surface area (TPSA) is 53.6 Å². The van der Waals surface area contributed by atoms with Crippen LogP contribution in [0.5, 0.6) is 0 Å². The van der Waals surface area contributed by atoms with E-state index in [4.69, 9.17) is 0 Å². The number of pyridine rings is 1. The smallest absolute Gasteiger partial charge is 0.126 e. The Morgan fingerprint density at radius 2 is 2.31 bits per heavy atom. The van der Waals surface area contributed by atoms with Gasteiger partial charge in [0.25, 0.3) is 0 Å². The molecule has 0 fully saturated rings. The summed E-state index contributed by atoms with van der Waals surface area (Å²) in [6, 6.07) is 3.96. The molecule has 0 saturated heterocycles. The zero-order valence-electron chi connectivity index (χ0n) is 9.00. The van der Waals surface area contributed by atoms with Crippen LogP contribution >= 0.6 is 15.9 Å². The van der Waals surface area contributed by atoms with Crippen molar-refractivity contribution in [1.82, 2.24) is 15.0 Å². The normalized spacial score (nSPS) is 10.4. The fourth-order valence-corrected chi connectivity index (χ4v) is 1.61. The van der Waals surface area contributed by atoms with Crippen LogP contribution in [0.4, 0.5) is 5.82 Å². The van der Waals surface area contributed by atoms with Gasteiger partial charge in [-0.05, 0) is 35.0 Å². The van der Waals surface area contributed by atoms with Gasteiger partial charge < -0.3 is 10.3 Å². The molecule has 2 aromatic heterocycles. The monoisotopic (exact) mass is 280 g/mol. The molecule has 2 rings (SSSR count). The van der Waals surface area contributed by atoms with Crippen molar-refractivity contribution in [2.24, 2.45) is 0 Å². The fourth-order valence-electron chi connectivity index (χ4n) is 1.39. The molecule has 84 valence electrons. The molecule has 0 bridgehead atoms. The van der Waals surface area contributed by atoms with Gasteiger partial charge in [0.15, 0.2) is 0 Å². The predicted octanol–water partition coefficient (Wildman–Crippen LogP) is 2.53. The van der Waals surface area contributed by atoms with Crippen molar-refractivity contribution < 1.29 is 0 Å². The zero-order chi connectivity index (χ0) is 11.4. The molecule has 0 spiro atoms. The van der Waals surface area contributed by atoms with E-state index >= 15 is 0 Å². The molecule has 0 aliphatic heterocycles. The molecular formula is C11H13BrN4. The Balaban J connectivity index is 1.87. The quantitative estimate of drug-likeness (QED) is 0.905. The molecule has 0 unspecified atom stereocenters. The van der Waals surface area contributed by atoms with Crippen molar-refractivity contribution in [3.05, 3.63) is 40.5 Å². The maximum absolute atomic E-state index is 4.40.